The van der Waals surface area contributed by atoms with E-state index >= 15 is 0 Å². The minimum Gasteiger partial charge on any atom is -0.457 e. The molecule has 19 heavy (non-hydrogen) atoms. The van der Waals surface area contributed by atoms with Crippen LogP contribution in [-0.2, 0) is 13.0 Å². The summed E-state index contributed by atoms with van der Waals surface area (Å²) >= 11 is 0. The summed E-state index contributed by atoms with van der Waals surface area (Å²) < 4.78 is 5.87. The summed E-state index contributed by atoms with van der Waals surface area (Å²) in [5.74, 6) is 1.78. The highest BCUT2D eigenvalue weighted by atomic mass is 16.5. The van der Waals surface area contributed by atoms with Gasteiger partial charge in [-0.2, -0.15) is 0 Å². The number of nitrogens with one attached hydrogen (secondary N) is 1. The molecule has 0 aromatic heterocycles. The molecule has 0 bridgehead atoms. The maximum Gasteiger partial charge on any atom is 0.127 e. The van der Waals surface area contributed by atoms with Crippen molar-refractivity contribution >= 4 is 0 Å². The lowest BCUT2D eigenvalue weighted by Gasteiger charge is -2.08. The number of hydrogen-bond donors (Lipinski definition) is 1. The third kappa shape index (κ3) is 4.11. The first-order chi connectivity index (χ1) is 9.31. The molecule has 0 saturated carbocycles. The molecule has 0 fully saturated rings. The smallest absolute Gasteiger partial charge is 0.127 e. The van der Waals surface area contributed by atoms with Crippen LogP contribution < -0.4 is 10.1 Å². The van der Waals surface area contributed by atoms with Crippen molar-refractivity contribution in [3.8, 4) is 11.5 Å². The van der Waals surface area contributed by atoms with Crippen molar-refractivity contribution in [1.82, 2.24) is 5.32 Å². The predicted octanol–water partition coefficient (Wildman–Crippen LogP) is 4.15. The Kier molecular flexibility index (Phi) is 4.99. The van der Waals surface area contributed by atoms with Crippen molar-refractivity contribution in [2.75, 3.05) is 7.05 Å². The van der Waals surface area contributed by atoms with E-state index in [1.54, 1.807) is 0 Å². The Balaban J connectivity index is 2.05. The number of rotatable bonds is 6. The topological polar surface area (TPSA) is 21.3 Å². The Hall–Kier alpha value is -1.80. The lowest BCUT2D eigenvalue weighted by Crippen LogP contribution is -2.04. The minimum atomic E-state index is 0.854. The van der Waals surface area contributed by atoms with Crippen LogP contribution in [0.4, 0.5) is 0 Å². The standard InChI is InChI=1S/C17H21NO/c1-3-5-14-8-10-16(11-9-14)19-17-7-4-6-15(12-17)13-18-2/h4,6-12,18H,3,5,13H2,1-2H3. The molecule has 2 heteroatoms. The van der Waals surface area contributed by atoms with Gasteiger partial charge in [0.15, 0.2) is 0 Å². The molecule has 1 N–H and O–H groups in total. The molecule has 0 unspecified atom stereocenters. The van der Waals surface area contributed by atoms with Gasteiger partial charge in [-0.3, -0.25) is 0 Å². The highest BCUT2D eigenvalue weighted by Gasteiger charge is 1.99. The molecule has 100 valence electrons. The summed E-state index contributed by atoms with van der Waals surface area (Å²) in [6, 6.07) is 16.5. The zero-order valence-corrected chi connectivity index (χ0v) is 11.6. The van der Waals surface area contributed by atoms with Crippen molar-refractivity contribution in [2.24, 2.45) is 0 Å². The molecule has 0 radical (unpaired) electrons. The largest absolute Gasteiger partial charge is 0.457 e. The third-order valence-corrected chi connectivity index (χ3v) is 2.98. The highest BCUT2D eigenvalue weighted by molar-refractivity contribution is 5.35. The van der Waals surface area contributed by atoms with Gasteiger partial charge in [-0.15, -0.1) is 0 Å². The van der Waals surface area contributed by atoms with Crippen LogP contribution in [-0.4, -0.2) is 7.05 Å². The van der Waals surface area contributed by atoms with Crippen LogP contribution in [0.1, 0.15) is 24.5 Å². The Morgan fingerprint density at radius 1 is 0.947 bits per heavy atom. The average Bonchev–Trinajstić information content (AvgIpc) is 2.42. The third-order valence-electron chi connectivity index (χ3n) is 2.98. The van der Waals surface area contributed by atoms with Crippen LogP contribution in [0.15, 0.2) is 48.5 Å². The van der Waals surface area contributed by atoms with Crippen LogP contribution in [0.3, 0.4) is 0 Å². The summed E-state index contributed by atoms with van der Waals surface area (Å²) in [4.78, 5) is 0. The van der Waals surface area contributed by atoms with Crippen LogP contribution >= 0.6 is 0 Å². The molecule has 0 atom stereocenters. The summed E-state index contributed by atoms with van der Waals surface area (Å²) in [6.45, 7) is 3.05. The normalized spacial score (nSPS) is 10.4. The zero-order valence-electron chi connectivity index (χ0n) is 11.6. The van der Waals surface area contributed by atoms with E-state index in [9.17, 15) is 0 Å². The molecule has 0 heterocycles. The first-order valence-corrected chi connectivity index (χ1v) is 6.82. The first kappa shape index (κ1) is 13.6. The van der Waals surface area contributed by atoms with Crippen LogP contribution in [0, 0.1) is 0 Å². The van der Waals surface area contributed by atoms with Crippen molar-refractivity contribution in [1.29, 1.82) is 0 Å². The lowest BCUT2D eigenvalue weighted by atomic mass is 10.1. The molecular formula is C17H21NO. The molecule has 2 rings (SSSR count). The highest BCUT2D eigenvalue weighted by Crippen LogP contribution is 2.22. The van der Waals surface area contributed by atoms with E-state index in [0.29, 0.717) is 0 Å². The van der Waals surface area contributed by atoms with Crippen molar-refractivity contribution < 1.29 is 4.74 Å². The number of hydrogen-bond acceptors (Lipinski definition) is 2. The van der Waals surface area contributed by atoms with E-state index < -0.39 is 0 Å². The van der Waals surface area contributed by atoms with Crippen LogP contribution in [0.5, 0.6) is 11.5 Å². The van der Waals surface area contributed by atoms with Crippen molar-refractivity contribution in [3.63, 3.8) is 0 Å². The molecule has 2 nitrogen and oxygen atoms in total. The Morgan fingerprint density at radius 3 is 2.42 bits per heavy atom. The van der Waals surface area contributed by atoms with Crippen molar-refractivity contribution in [3.05, 3.63) is 59.7 Å². The molecule has 2 aromatic rings. The fraction of sp³-hybridized carbons (Fsp3) is 0.294. The summed E-state index contributed by atoms with van der Waals surface area (Å²) in [5.41, 5.74) is 2.58. The van der Waals surface area contributed by atoms with Crippen molar-refractivity contribution in [2.45, 2.75) is 26.3 Å². The molecule has 0 spiro atoms. The Morgan fingerprint density at radius 2 is 1.74 bits per heavy atom. The second kappa shape index (κ2) is 6.95. The SMILES string of the molecule is CCCc1ccc(Oc2cccc(CNC)c2)cc1. The Bertz CT molecular complexity index is 505. The average molecular weight is 255 g/mol. The monoisotopic (exact) mass is 255 g/mol. The van der Waals surface area contributed by atoms with E-state index in [1.165, 1.54) is 17.5 Å². The van der Waals surface area contributed by atoms with Crippen LogP contribution in [0.25, 0.3) is 0 Å². The van der Waals surface area contributed by atoms with Crippen LogP contribution in [0.2, 0.25) is 0 Å². The van der Waals surface area contributed by atoms with Gasteiger partial charge in [0.05, 0.1) is 0 Å². The molecule has 0 aliphatic rings. The number of benzene rings is 2. The second-order valence-electron chi connectivity index (χ2n) is 4.67. The van der Waals surface area contributed by atoms with Gasteiger partial charge in [0.1, 0.15) is 11.5 Å². The molecule has 0 aliphatic carbocycles. The van der Waals surface area contributed by atoms with Gasteiger partial charge in [-0.25, -0.2) is 0 Å². The van der Waals surface area contributed by atoms with Gasteiger partial charge in [0.25, 0.3) is 0 Å². The maximum absolute atomic E-state index is 5.87. The fourth-order valence-corrected chi connectivity index (χ4v) is 2.07. The van der Waals surface area contributed by atoms with Gasteiger partial charge in [0, 0.05) is 6.54 Å². The zero-order chi connectivity index (χ0) is 13.5. The molecular weight excluding hydrogens is 234 g/mol. The van der Waals surface area contributed by atoms with E-state index in [-0.39, 0.29) is 0 Å². The molecule has 0 saturated heterocycles. The fourth-order valence-electron chi connectivity index (χ4n) is 2.07. The van der Waals surface area contributed by atoms with E-state index in [4.69, 9.17) is 4.74 Å². The quantitative estimate of drug-likeness (QED) is 0.837. The number of ether oxygens (including phenoxy) is 1. The van der Waals surface area contributed by atoms with E-state index in [0.717, 1.165) is 24.5 Å². The predicted molar refractivity (Wildman–Crippen MR) is 79.7 cm³/mol. The van der Waals surface area contributed by atoms with Gasteiger partial charge in [-0.1, -0.05) is 37.6 Å². The van der Waals surface area contributed by atoms with E-state index in [2.05, 4.69) is 36.5 Å². The van der Waals surface area contributed by atoms with Gasteiger partial charge < -0.3 is 10.1 Å². The van der Waals surface area contributed by atoms with Gasteiger partial charge >= 0.3 is 0 Å². The van der Waals surface area contributed by atoms with Gasteiger partial charge in [-0.05, 0) is 48.9 Å². The lowest BCUT2D eigenvalue weighted by molar-refractivity contribution is 0.481. The maximum atomic E-state index is 5.87. The summed E-state index contributed by atoms with van der Waals surface area (Å²) in [7, 11) is 1.94. The van der Waals surface area contributed by atoms with E-state index in [1.807, 2.05) is 31.3 Å². The molecule has 0 amide bonds. The summed E-state index contributed by atoms with van der Waals surface area (Å²) in [6.07, 6.45) is 2.30. The minimum absolute atomic E-state index is 0.854. The second-order valence-corrected chi connectivity index (χ2v) is 4.67. The first-order valence-electron chi connectivity index (χ1n) is 6.82. The number of aryl methyl sites for hydroxylation is 1. The summed E-state index contributed by atoms with van der Waals surface area (Å²) in [5, 5.41) is 3.14. The molecule has 2 aromatic carbocycles. The van der Waals surface area contributed by atoms with Gasteiger partial charge in [0.2, 0.25) is 0 Å². The Labute approximate surface area is 115 Å². The molecule has 0 aliphatic heterocycles.